The third kappa shape index (κ3) is 23.8. The monoisotopic (exact) mass is 469 g/mol. The van der Waals surface area contributed by atoms with Gasteiger partial charge in [-0.1, -0.05) is 129 Å². The molecule has 0 aliphatic rings. The molecule has 0 aromatic rings. The Hall–Kier alpha value is -1.10. The summed E-state index contributed by atoms with van der Waals surface area (Å²) in [5.74, 6) is -1.38. The van der Waals surface area contributed by atoms with E-state index in [1.807, 2.05) is 0 Å². The summed E-state index contributed by atoms with van der Waals surface area (Å²) in [6, 6.07) is -0.844. The van der Waals surface area contributed by atoms with Gasteiger partial charge in [-0.2, -0.15) is 0 Å². The molecule has 33 heavy (non-hydrogen) atoms. The van der Waals surface area contributed by atoms with Gasteiger partial charge in [-0.25, -0.2) is 0 Å². The molecule has 0 spiro atoms. The van der Waals surface area contributed by atoms with Gasteiger partial charge in [-0.3, -0.25) is 9.59 Å². The number of carbonyl (C=O) groups excluding carboxylic acids is 1. The lowest BCUT2D eigenvalue weighted by Crippen LogP contribution is -2.39. The van der Waals surface area contributed by atoms with Gasteiger partial charge in [-0.05, 0) is 19.4 Å². The maximum Gasteiger partial charge on any atom is 0.321 e. The lowest BCUT2D eigenvalue weighted by atomic mass is 10.1. The van der Waals surface area contributed by atoms with Gasteiger partial charge >= 0.3 is 11.9 Å². The van der Waals surface area contributed by atoms with Crippen molar-refractivity contribution in [3.63, 3.8) is 0 Å². The summed E-state index contributed by atoms with van der Waals surface area (Å²) in [6.07, 6.45) is 24.8. The number of esters is 1. The Bertz CT molecular complexity index is 442. The Morgan fingerprint density at radius 1 is 0.636 bits per heavy atom. The number of rotatable bonds is 26. The van der Waals surface area contributed by atoms with Gasteiger partial charge in [0.2, 0.25) is 0 Å². The number of carbonyl (C=O) groups is 2. The van der Waals surface area contributed by atoms with E-state index in [0.29, 0.717) is 13.2 Å². The van der Waals surface area contributed by atoms with E-state index in [0.717, 1.165) is 25.7 Å². The third-order valence-electron chi connectivity index (χ3n) is 6.35. The van der Waals surface area contributed by atoms with Gasteiger partial charge in [0.1, 0.15) is 6.04 Å². The van der Waals surface area contributed by atoms with Crippen LogP contribution in [0.5, 0.6) is 0 Å². The summed E-state index contributed by atoms with van der Waals surface area (Å²) in [5, 5.41) is 12.4. The van der Waals surface area contributed by atoms with E-state index in [1.54, 1.807) is 0 Å². The SMILES string of the molecule is CCCCCCCCCCCCN[C@@H](CC(=O)OCCCCCCCCCCCC)C(=O)O. The minimum atomic E-state index is -0.974. The average Bonchev–Trinajstić information content (AvgIpc) is 2.80. The number of hydrogen-bond acceptors (Lipinski definition) is 4. The van der Waals surface area contributed by atoms with Crippen LogP contribution in [-0.4, -0.2) is 36.2 Å². The lowest BCUT2D eigenvalue weighted by molar-refractivity contribution is -0.149. The molecule has 1 atom stereocenters. The summed E-state index contributed by atoms with van der Waals surface area (Å²) >= 11 is 0. The van der Waals surface area contributed by atoms with Crippen molar-refractivity contribution in [3.8, 4) is 0 Å². The topological polar surface area (TPSA) is 75.6 Å². The number of carboxylic acids is 1. The summed E-state index contributed by atoms with van der Waals surface area (Å²) in [5.41, 5.74) is 0. The molecular formula is C28H55NO4. The molecule has 196 valence electrons. The zero-order chi connectivity index (χ0) is 24.4. The first-order chi connectivity index (χ1) is 16.1. The number of unbranched alkanes of at least 4 members (excludes halogenated alkanes) is 18. The van der Waals surface area contributed by atoms with Gasteiger partial charge in [0.25, 0.3) is 0 Å². The molecule has 0 aromatic heterocycles. The fraction of sp³-hybridized carbons (Fsp3) is 0.929. The molecule has 2 N–H and O–H groups in total. The van der Waals surface area contributed by atoms with Crippen LogP contribution in [0.3, 0.4) is 0 Å². The summed E-state index contributed by atoms with van der Waals surface area (Å²) < 4.78 is 5.26. The van der Waals surface area contributed by atoms with Crippen LogP contribution in [-0.2, 0) is 14.3 Å². The smallest absolute Gasteiger partial charge is 0.321 e. The molecule has 0 radical (unpaired) electrons. The summed E-state index contributed by atoms with van der Waals surface area (Å²) in [6.45, 7) is 5.52. The van der Waals surface area contributed by atoms with Crippen LogP contribution in [0.2, 0.25) is 0 Å². The summed E-state index contributed by atoms with van der Waals surface area (Å²) in [7, 11) is 0. The molecule has 0 rings (SSSR count). The Kier molecular flexibility index (Phi) is 24.7. The molecule has 0 unspecified atom stereocenters. The van der Waals surface area contributed by atoms with Gasteiger partial charge in [-0.15, -0.1) is 0 Å². The van der Waals surface area contributed by atoms with E-state index < -0.39 is 18.0 Å². The van der Waals surface area contributed by atoms with Crippen molar-refractivity contribution in [2.24, 2.45) is 0 Å². The second-order valence-electron chi connectivity index (χ2n) is 9.63. The largest absolute Gasteiger partial charge is 0.480 e. The highest BCUT2D eigenvalue weighted by atomic mass is 16.5. The molecule has 0 aromatic carbocycles. The van der Waals surface area contributed by atoms with Crippen molar-refractivity contribution in [1.29, 1.82) is 0 Å². The van der Waals surface area contributed by atoms with E-state index in [2.05, 4.69) is 19.2 Å². The highest BCUT2D eigenvalue weighted by molar-refractivity contribution is 5.81. The number of aliphatic carboxylic acids is 1. The molecule has 5 nitrogen and oxygen atoms in total. The Balaban J connectivity index is 3.59. The van der Waals surface area contributed by atoms with Crippen LogP contribution in [0.25, 0.3) is 0 Å². The van der Waals surface area contributed by atoms with Crippen LogP contribution < -0.4 is 5.32 Å². The zero-order valence-electron chi connectivity index (χ0n) is 22.0. The molecule has 0 heterocycles. The maximum absolute atomic E-state index is 12.0. The Labute approximate surface area is 204 Å². The molecule has 0 aliphatic heterocycles. The van der Waals surface area contributed by atoms with Gasteiger partial charge < -0.3 is 15.2 Å². The van der Waals surface area contributed by atoms with Crippen molar-refractivity contribution in [2.75, 3.05) is 13.2 Å². The molecule has 0 saturated heterocycles. The van der Waals surface area contributed by atoms with Gasteiger partial charge in [0.05, 0.1) is 13.0 Å². The zero-order valence-corrected chi connectivity index (χ0v) is 22.0. The Morgan fingerprint density at radius 3 is 1.45 bits per heavy atom. The van der Waals surface area contributed by atoms with E-state index in [4.69, 9.17) is 4.74 Å². The third-order valence-corrected chi connectivity index (χ3v) is 6.35. The fourth-order valence-corrected chi connectivity index (χ4v) is 4.14. The molecule has 0 saturated carbocycles. The highest BCUT2D eigenvalue weighted by Crippen LogP contribution is 2.11. The quantitative estimate of drug-likeness (QED) is 0.0998. The van der Waals surface area contributed by atoms with Crippen molar-refractivity contribution in [1.82, 2.24) is 5.32 Å². The van der Waals surface area contributed by atoms with Crippen LogP contribution in [0, 0.1) is 0 Å². The average molecular weight is 470 g/mol. The van der Waals surface area contributed by atoms with Crippen molar-refractivity contribution in [2.45, 2.75) is 155 Å². The lowest BCUT2D eigenvalue weighted by Gasteiger charge is -2.14. The van der Waals surface area contributed by atoms with E-state index in [-0.39, 0.29) is 6.42 Å². The van der Waals surface area contributed by atoms with Crippen molar-refractivity contribution < 1.29 is 19.4 Å². The second kappa shape index (κ2) is 25.5. The second-order valence-corrected chi connectivity index (χ2v) is 9.63. The number of hydrogen-bond donors (Lipinski definition) is 2. The normalized spacial score (nSPS) is 12.1. The van der Waals surface area contributed by atoms with Crippen LogP contribution in [0.15, 0.2) is 0 Å². The molecule has 0 bridgehead atoms. The minimum Gasteiger partial charge on any atom is -0.480 e. The number of carboxylic acid groups (broad SMARTS) is 1. The van der Waals surface area contributed by atoms with Gasteiger partial charge in [0, 0.05) is 0 Å². The molecule has 0 amide bonds. The maximum atomic E-state index is 12.0. The van der Waals surface area contributed by atoms with E-state index >= 15 is 0 Å². The molecule has 0 aliphatic carbocycles. The highest BCUT2D eigenvalue weighted by Gasteiger charge is 2.21. The van der Waals surface area contributed by atoms with E-state index in [1.165, 1.54) is 103 Å². The molecule has 0 fully saturated rings. The molecule has 5 heteroatoms. The predicted molar refractivity (Wildman–Crippen MR) is 139 cm³/mol. The first-order valence-corrected chi connectivity index (χ1v) is 14.2. The van der Waals surface area contributed by atoms with Crippen LogP contribution in [0.4, 0.5) is 0 Å². The van der Waals surface area contributed by atoms with Crippen LogP contribution >= 0.6 is 0 Å². The first-order valence-electron chi connectivity index (χ1n) is 14.2. The van der Waals surface area contributed by atoms with Crippen LogP contribution in [0.1, 0.15) is 149 Å². The number of nitrogens with one attached hydrogen (secondary N) is 1. The van der Waals surface area contributed by atoms with E-state index in [9.17, 15) is 14.7 Å². The van der Waals surface area contributed by atoms with Gasteiger partial charge in [0.15, 0.2) is 0 Å². The number of ether oxygens (including phenoxy) is 1. The standard InChI is InChI=1S/C28H55NO4/c1-3-5-7-9-11-13-15-17-19-21-23-29-26(28(31)32)25-27(30)33-24-22-20-18-16-14-12-10-8-6-4-2/h26,29H,3-25H2,1-2H3,(H,31,32)/t26-/m0/s1. The fourth-order valence-electron chi connectivity index (χ4n) is 4.14. The minimum absolute atomic E-state index is 0.0924. The Morgan fingerprint density at radius 2 is 1.03 bits per heavy atom. The summed E-state index contributed by atoms with van der Waals surface area (Å²) in [4.78, 5) is 23.4. The predicted octanol–water partition coefficient (Wildman–Crippen LogP) is 7.80. The van der Waals surface area contributed by atoms with Crippen molar-refractivity contribution >= 4 is 11.9 Å². The molecular weight excluding hydrogens is 414 g/mol. The van der Waals surface area contributed by atoms with Crippen molar-refractivity contribution in [3.05, 3.63) is 0 Å². The first kappa shape index (κ1) is 31.9.